The maximum Gasteiger partial charge on any atom is 0.229 e. The summed E-state index contributed by atoms with van der Waals surface area (Å²) in [4.78, 5) is 14.5. The largest absolute Gasteiger partial charge is 0.493 e. The molecule has 0 spiro atoms. The SMILES string of the molecule is COc1cccc2c1OCC(C(=O)N(C)C1CCS(=O)(=O)CC1)C2. The van der Waals surface area contributed by atoms with Gasteiger partial charge >= 0.3 is 0 Å². The summed E-state index contributed by atoms with van der Waals surface area (Å²) in [6, 6.07) is 5.68. The molecule has 0 saturated carbocycles. The Labute approximate surface area is 142 Å². The van der Waals surface area contributed by atoms with Gasteiger partial charge in [-0.05, 0) is 30.9 Å². The van der Waals surface area contributed by atoms with E-state index in [2.05, 4.69) is 0 Å². The minimum atomic E-state index is -2.92. The molecule has 24 heavy (non-hydrogen) atoms. The average Bonchev–Trinajstić information content (AvgIpc) is 2.59. The molecule has 0 bridgehead atoms. The van der Waals surface area contributed by atoms with Gasteiger partial charge in [-0.1, -0.05) is 12.1 Å². The second-order valence-corrected chi connectivity index (χ2v) is 8.80. The van der Waals surface area contributed by atoms with E-state index < -0.39 is 9.84 Å². The fraction of sp³-hybridized carbons (Fsp3) is 0.588. The molecule has 6 nitrogen and oxygen atoms in total. The number of fused-ring (bicyclic) bond motifs is 1. The Morgan fingerprint density at radius 1 is 1.29 bits per heavy atom. The molecule has 0 radical (unpaired) electrons. The van der Waals surface area contributed by atoms with E-state index in [0.717, 1.165) is 11.3 Å². The molecule has 0 aliphatic carbocycles. The summed E-state index contributed by atoms with van der Waals surface area (Å²) in [5.74, 6) is 1.51. The van der Waals surface area contributed by atoms with Crippen molar-refractivity contribution in [2.45, 2.75) is 25.3 Å². The number of rotatable bonds is 3. The Morgan fingerprint density at radius 2 is 2.00 bits per heavy atom. The van der Waals surface area contributed by atoms with Crippen molar-refractivity contribution in [1.29, 1.82) is 0 Å². The lowest BCUT2D eigenvalue weighted by Crippen LogP contribution is -2.46. The van der Waals surface area contributed by atoms with Crippen LogP contribution in [-0.4, -0.2) is 57.5 Å². The van der Waals surface area contributed by atoms with Crippen molar-refractivity contribution < 1.29 is 22.7 Å². The highest BCUT2D eigenvalue weighted by molar-refractivity contribution is 7.91. The number of hydrogen-bond acceptors (Lipinski definition) is 5. The van der Waals surface area contributed by atoms with Crippen molar-refractivity contribution in [3.8, 4) is 11.5 Å². The van der Waals surface area contributed by atoms with Gasteiger partial charge in [-0.15, -0.1) is 0 Å². The van der Waals surface area contributed by atoms with Gasteiger partial charge in [0, 0.05) is 13.1 Å². The number of sulfone groups is 1. The van der Waals surface area contributed by atoms with Crippen molar-refractivity contribution in [2.75, 3.05) is 32.3 Å². The monoisotopic (exact) mass is 353 g/mol. The lowest BCUT2D eigenvalue weighted by Gasteiger charge is -2.35. The first kappa shape index (κ1) is 17.1. The van der Waals surface area contributed by atoms with Crippen molar-refractivity contribution >= 4 is 15.7 Å². The number of nitrogens with zero attached hydrogens (tertiary/aromatic N) is 1. The quantitative estimate of drug-likeness (QED) is 0.818. The van der Waals surface area contributed by atoms with Crippen LogP contribution >= 0.6 is 0 Å². The van der Waals surface area contributed by atoms with Crippen LogP contribution in [0.5, 0.6) is 11.5 Å². The normalized spacial score (nSPS) is 23.0. The van der Waals surface area contributed by atoms with Gasteiger partial charge in [0.25, 0.3) is 0 Å². The summed E-state index contributed by atoms with van der Waals surface area (Å²) >= 11 is 0. The molecule has 1 atom stereocenters. The van der Waals surface area contributed by atoms with E-state index in [1.165, 1.54) is 0 Å². The lowest BCUT2D eigenvalue weighted by atomic mass is 9.94. The average molecular weight is 353 g/mol. The zero-order valence-corrected chi connectivity index (χ0v) is 14.8. The van der Waals surface area contributed by atoms with Crippen LogP contribution in [0.4, 0.5) is 0 Å². The number of carbonyl (C=O) groups excluding carboxylic acids is 1. The van der Waals surface area contributed by atoms with Crippen LogP contribution in [0.3, 0.4) is 0 Å². The fourth-order valence-corrected chi connectivity index (χ4v) is 4.91. The van der Waals surface area contributed by atoms with Crippen LogP contribution in [0.1, 0.15) is 18.4 Å². The second kappa shape index (κ2) is 6.63. The first-order chi connectivity index (χ1) is 11.4. The third-order valence-corrected chi connectivity index (χ3v) is 6.66. The number of benzene rings is 1. The molecule has 1 fully saturated rings. The molecule has 7 heteroatoms. The Balaban J connectivity index is 1.68. The predicted octanol–water partition coefficient (Wildman–Crippen LogP) is 1.28. The Bertz CT molecular complexity index is 716. The zero-order valence-electron chi connectivity index (χ0n) is 14.0. The van der Waals surface area contributed by atoms with Gasteiger partial charge in [0.15, 0.2) is 11.5 Å². The van der Waals surface area contributed by atoms with Crippen LogP contribution < -0.4 is 9.47 Å². The van der Waals surface area contributed by atoms with E-state index in [1.54, 1.807) is 19.1 Å². The zero-order chi connectivity index (χ0) is 17.3. The molecule has 132 valence electrons. The van der Waals surface area contributed by atoms with Gasteiger partial charge in [0.1, 0.15) is 16.4 Å². The van der Waals surface area contributed by atoms with Crippen molar-refractivity contribution in [3.05, 3.63) is 23.8 Å². The van der Waals surface area contributed by atoms with Crippen molar-refractivity contribution in [1.82, 2.24) is 4.90 Å². The van der Waals surface area contributed by atoms with Gasteiger partial charge in [0.05, 0.1) is 24.5 Å². The molecule has 2 aliphatic heterocycles. The molecule has 3 rings (SSSR count). The molecule has 1 aromatic rings. The summed E-state index contributed by atoms with van der Waals surface area (Å²) in [6.45, 7) is 0.321. The van der Waals surface area contributed by atoms with Gasteiger partial charge in [-0.3, -0.25) is 4.79 Å². The van der Waals surface area contributed by atoms with Crippen LogP contribution in [-0.2, 0) is 21.1 Å². The Kier molecular flexibility index (Phi) is 4.71. The smallest absolute Gasteiger partial charge is 0.229 e. The summed E-state index contributed by atoms with van der Waals surface area (Å²) < 4.78 is 34.2. The second-order valence-electron chi connectivity index (χ2n) is 6.49. The van der Waals surface area contributed by atoms with Crippen molar-refractivity contribution in [2.24, 2.45) is 5.92 Å². The fourth-order valence-electron chi connectivity index (χ4n) is 3.45. The highest BCUT2D eigenvalue weighted by Crippen LogP contribution is 2.36. The minimum Gasteiger partial charge on any atom is -0.493 e. The van der Waals surface area contributed by atoms with Gasteiger partial charge in [-0.2, -0.15) is 0 Å². The van der Waals surface area contributed by atoms with E-state index in [4.69, 9.17) is 9.47 Å². The Morgan fingerprint density at radius 3 is 2.67 bits per heavy atom. The summed E-state index contributed by atoms with van der Waals surface area (Å²) in [5.41, 5.74) is 0.971. The van der Waals surface area contributed by atoms with E-state index in [1.807, 2.05) is 18.2 Å². The highest BCUT2D eigenvalue weighted by Gasteiger charge is 2.34. The molecule has 1 aromatic carbocycles. The number of ether oxygens (including phenoxy) is 2. The molecule has 1 amide bonds. The van der Waals surface area contributed by atoms with E-state index in [-0.39, 0.29) is 29.4 Å². The molecular formula is C17H23NO5S. The maximum absolute atomic E-state index is 12.8. The predicted molar refractivity (Wildman–Crippen MR) is 90.1 cm³/mol. The molecule has 0 N–H and O–H groups in total. The molecular weight excluding hydrogens is 330 g/mol. The van der Waals surface area contributed by atoms with Gasteiger partial charge in [-0.25, -0.2) is 8.42 Å². The molecule has 2 heterocycles. The number of carbonyl (C=O) groups is 1. The third-order valence-electron chi connectivity index (χ3n) is 4.94. The van der Waals surface area contributed by atoms with Crippen LogP contribution in [0, 0.1) is 5.92 Å². The van der Waals surface area contributed by atoms with Crippen LogP contribution in [0.25, 0.3) is 0 Å². The summed E-state index contributed by atoms with van der Waals surface area (Å²) in [7, 11) is 0.444. The number of methoxy groups -OCH3 is 1. The topological polar surface area (TPSA) is 72.9 Å². The molecule has 2 aliphatic rings. The highest BCUT2D eigenvalue weighted by atomic mass is 32.2. The number of para-hydroxylation sites is 1. The summed E-state index contributed by atoms with van der Waals surface area (Å²) in [6.07, 6.45) is 1.64. The van der Waals surface area contributed by atoms with Crippen LogP contribution in [0.15, 0.2) is 18.2 Å². The first-order valence-electron chi connectivity index (χ1n) is 8.17. The third kappa shape index (κ3) is 3.36. The lowest BCUT2D eigenvalue weighted by molar-refractivity contribution is -0.137. The van der Waals surface area contributed by atoms with Crippen molar-refractivity contribution in [3.63, 3.8) is 0 Å². The van der Waals surface area contributed by atoms with E-state index in [9.17, 15) is 13.2 Å². The van der Waals surface area contributed by atoms with Crippen LogP contribution in [0.2, 0.25) is 0 Å². The first-order valence-corrected chi connectivity index (χ1v) is 9.99. The van der Waals surface area contributed by atoms with Gasteiger partial charge < -0.3 is 14.4 Å². The number of hydrogen-bond donors (Lipinski definition) is 0. The molecule has 1 saturated heterocycles. The van der Waals surface area contributed by atoms with E-state index >= 15 is 0 Å². The maximum atomic E-state index is 12.8. The summed E-state index contributed by atoms with van der Waals surface area (Å²) in [5, 5.41) is 0. The molecule has 0 aromatic heterocycles. The number of amides is 1. The molecule has 1 unspecified atom stereocenters. The minimum absolute atomic E-state index is 0.00673. The Hall–Kier alpha value is -1.76. The van der Waals surface area contributed by atoms with E-state index in [0.29, 0.717) is 31.6 Å². The van der Waals surface area contributed by atoms with Gasteiger partial charge in [0.2, 0.25) is 5.91 Å². The standard InChI is InChI=1S/C17H23NO5S/c1-18(14-6-8-24(20,21)9-7-14)17(19)13-10-12-4-3-5-15(22-2)16(12)23-11-13/h3-5,13-14H,6-11H2,1-2H3.